The lowest BCUT2D eigenvalue weighted by molar-refractivity contribution is -0.139. The van der Waals surface area contributed by atoms with Crippen LogP contribution in [0, 0.1) is 0 Å². The topological polar surface area (TPSA) is 114 Å². The molecule has 0 aromatic heterocycles. The number of thiocarbonyl (C=S) groups is 2. The van der Waals surface area contributed by atoms with Gasteiger partial charge in [-0.3, -0.25) is 15.6 Å². The minimum atomic E-state index is -1.30. The number of amides is 1. The Morgan fingerprint density at radius 1 is 1.13 bits per heavy atom. The molecule has 1 atom stereocenters. The first-order chi connectivity index (χ1) is 14.8. The lowest BCUT2D eigenvalue weighted by Gasteiger charge is -2.29. The van der Waals surface area contributed by atoms with Crippen LogP contribution in [-0.4, -0.2) is 51.3 Å². The molecule has 31 heavy (non-hydrogen) atoms. The molecule has 5 N–H and O–H groups in total. The molecule has 8 nitrogen and oxygen atoms in total. The Labute approximate surface area is 194 Å². The Morgan fingerprint density at radius 3 is 2.35 bits per heavy atom. The molecule has 0 bridgehead atoms. The molecule has 2 aromatic carbocycles. The summed E-state index contributed by atoms with van der Waals surface area (Å²) in [5, 5.41) is 22.3. The van der Waals surface area contributed by atoms with Gasteiger partial charge in [0.1, 0.15) is 9.98 Å². The van der Waals surface area contributed by atoms with E-state index in [0.717, 1.165) is 5.56 Å². The van der Waals surface area contributed by atoms with E-state index in [1.807, 2.05) is 6.07 Å². The zero-order valence-electron chi connectivity index (χ0n) is 16.0. The molecular weight excluding hydrogens is 460 g/mol. The van der Waals surface area contributed by atoms with Gasteiger partial charge in [-0.25, -0.2) is 4.79 Å². The molecular formula is C20H19ClN4O4S2. The van der Waals surface area contributed by atoms with Crippen molar-refractivity contribution in [2.24, 2.45) is 0 Å². The number of anilines is 2. The van der Waals surface area contributed by atoms with E-state index in [1.54, 1.807) is 42.5 Å². The van der Waals surface area contributed by atoms with Gasteiger partial charge >= 0.3 is 5.97 Å². The number of aliphatic carboxylic acids is 1. The Bertz CT molecular complexity index is 1000. The van der Waals surface area contributed by atoms with Crippen LogP contribution in [0.3, 0.4) is 0 Å². The first-order valence-electron chi connectivity index (χ1n) is 9.15. The van der Waals surface area contributed by atoms with Crippen LogP contribution in [-0.2, 0) is 9.59 Å². The molecule has 2 aromatic rings. The van der Waals surface area contributed by atoms with E-state index in [0.29, 0.717) is 26.4 Å². The number of nitrogens with one attached hydrogen (secondary N) is 3. The predicted molar refractivity (Wildman–Crippen MR) is 127 cm³/mol. The summed E-state index contributed by atoms with van der Waals surface area (Å²) >= 11 is 16.5. The van der Waals surface area contributed by atoms with Crippen LogP contribution in [0.15, 0.2) is 48.5 Å². The summed E-state index contributed by atoms with van der Waals surface area (Å²) in [6.45, 7) is -0.968. The lowest BCUT2D eigenvalue weighted by Crippen LogP contribution is -2.47. The van der Waals surface area contributed by atoms with Gasteiger partial charge in [-0.05, 0) is 42.0 Å². The number of hydrogen-bond donors (Lipinski definition) is 5. The predicted octanol–water partition coefficient (Wildman–Crippen LogP) is 2.08. The summed E-state index contributed by atoms with van der Waals surface area (Å²) in [5.74, 6) is -2.01. The number of nitrogens with zero attached hydrogens (tertiary/aromatic N) is 1. The van der Waals surface area contributed by atoms with Crippen molar-refractivity contribution in [1.82, 2.24) is 10.9 Å². The first-order valence-corrected chi connectivity index (χ1v) is 10.3. The molecule has 0 aliphatic carbocycles. The summed E-state index contributed by atoms with van der Waals surface area (Å²) in [4.78, 5) is 26.7. The average Bonchev–Trinajstić information content (AvgIpc) is 3.06. The fourth-order valence-electron chi connectivity index (χ4n) is 3.16. The number of carbonyl (C=O) groups excluding carboxylic acids is 1. The van der Waals surface area contributed by atoms with Crippen LogP contribution in [0.25, 0.3) is 0 Å². The van der Waals surface area contributed by atoms with Crippen molar-refractivity contribution < 1.29 is 19.8 Å². The second-order valence-electron chi connectivity index (χ2n) is 6.73. The Balaban J connectivity index is 1.79. The Kier molecular flexibility index (Phi) is 7.39. The summed E-state index contributed by atoms with van der Waals surface area (Å²) < 4.78 is 0. The smallest absolute Gasteiger partial charge is 0.328 e. The number of carbonyl (C=O) groups is 2. The highest BCUT2D eigenvalue weighted by molar-refractivity contribution is 7.82. The van der Waals surface area contributed by atoms with Gasteiger partial charge in [0.15, 0.2) is 6.04 Å². The van der Waals surface area contributed by atoms with E-state index < -0.39 is 24.5 Å². The van der Waals surface area contributed by atoms with E-state index in [-0.39, 0.29) is 12.5 Å². The number of carboxylic acids is 1. The molecule has 11 heteroatoms. The van der Waals surface area contributed by atoms with Gasteiger partial charge in [-0.2, -0.15) is 0 Å². The Hall–Kier alpha value is -2.79. The molecule has 0 spiro atoms. The Morgan fingerprint density at radius 2 is 1.77 bits per heavy atom. The molecule has 1 unspecified atom stereocenters. The molecule has 0 saturated carbocycles. The number of carboxylic acid groups (broad SMARTS) is 1. The maximum absolute atomic E-state index is 12.7. The lowest BCUT2D eigenvalue weighted by atomic mass is 9.99. The highest BCUT2D eigenvalue weighted by atomic mass is 35.5. The van der Waals surface area contributed by atoms with Gasteiger partial charge in [0, 0.05) is 16.4 Å². The molecule has 1 aliphatic heterocycles. The monoisotopic (exact) mass is 478 g/mol. The van der Waals surface area contributed by atoms with Gasteiger partial charge in [0.2, 0.25) is 5.91 Å². The van der Waals surface area contributed by atoms with Crippen LogP contribution < -0.4 is 21.1 Å². The van der Waals surface area contributed by atoms with E-state index in [2.05, 4.69) is 16.2 Å². The van der Waals surface area contributed by atoms with Gasteiger partial charge in [0.25, 0.3) is 0 Å². The zero-order valence-corrected chi connectivity index (χ0v) is 18.4. The molecule has 1 fully saturated rings. The maximum atomic E-state index is 12.7. The maximum Gasteiger partial charge on any atom is 0.328 e. The standard InChI is InChI=1S/C20H19ClN4O4S2/c21-12-4-6-14(7-5-12)25(15(10-26)20(28)29)9-16(27)22-13-3-1-2-11(8-13)17-18(30)23-24-19(17)31/h1-8,15,17,26H,9-10H2,(H,22,27)(H,23,30)(H,24,31)(H,28,29). The molecule has 1 amide bonds. The normalized spacial score (nSPS) is 14.5. The second-order valence-corrected chi connectivity index (χ2v) is 8.04. The van der Waals surface area contributed by atoms with E-state index >= 15 is 0 Å². The third-order valence-electron chi connectivity index (χ3n) is 4.64. The van der Waals surface area contributed by atoms with E-state index in [9.17, 15) is 19.8 Å². The van der Waals surface area contributed by atoms with Crippen LogP contribution in [0.4, 0.5) is 11.4 Å². The van der Waals surface area contributed by atoms with Crippen molar-refractivity contribution in [3.05, 3.63) is 59.1 Å². The largest absolute Gasteiger partial charge is 0.480 e. The highest BCUT2D eigenvalue weighted by Gasteiger charge is 2.29. The third kappa shape index (κ3) is 5.47. The second kappa shape index (κ2) is 10.0. The summed E-state index contributed by atoms with van der Waals surface area (Å²) in [6, 6.07) is 12.1. The zero-order chi connectivity index (χ0) is 22.5. The number of hydrogen-bond acceptors (Lipinski definition) is 6. The number of aliphatic hydroxyl groups excluding tert-OH is 1. The number of rotatable bonds is 8. The average molecular weight is 479 g/mol. The van der Waals surface area contributed by atoms with Crippen LogP contribution in [0.1, 0.15) is 11.5 Å². The van der Waals surface area contributed by atoms with Crippen molar-refractivity contribution in [2.45, 2.75) is 12.0 Å². The first kappa shape index (κ1) is 22.9. The quantitative estimate of drug-likeness (QED) is 0.364. The van der Waals surface area contributed by atoms with Crippen molar-refractivity contribution >= 4 is 69.3 Å². The summed E-state index contributed by atoms with van der Waals surface area (Å²) in [7, 11) is 0. The highest BCUT2D eigenvalue weighted by Crippen LogP contribution is 2.24. The van der Waals surface area contributed by atoms with E-state index in [1.165, 1.54) is 4.90 Å². The number of aliphatic hydroxyl groups is 1. The molecule has 1 saturated heterocycles. The minimum absolute atomic E-state index is 0.293. The number of halogens is 1. The van der Waals surface area contributed by atoms with Crippen molar-refractivity contribution in [2.75, 3.05) is 23.4 Å². The van der Waals surface area contributed by atoms with Crippen molar-refractivity contribution in [3.8, 4) is 0 Å². The van der Waals surface area contributed by atoms with Crippen LogP contribution >= 0.6 is 36.0 Å². The van der Waals surface area contributed by atoms with Gasteiger partial charge in [-0.1, -0.05) is 48.2 Å². The molecule has 0 radical (unpaired) electrons. The van der Waals surface area contributed by atoms with Gasteiger partial charge < -0.3 is 20.4 Å². The third-order valence-corrected chi connectivity index (χ3v) is 5.57. The van der Waals surface area contributed by atoms with Crippen LogP contribution in [0.2, 0.25) is 5.02 Å². The molecule has 1 heterocycles. The molecule has 3 rings (SSSR count). The summed E-state index contributed by atoms with van der Waals surface area (Å²) in [5.41, 5.74) is 7.38. The van der Waals surface area contributed by atoms with Crippen molar-refractivity contribution in [3.63, 3.8) is 0 Å². The van der Waals surface area contributed by atoms with Gasteiger partial charge in [0.05, 0.1) is 19.1 Å². The number of benzene rings is 2. The van der Waals surface area contributed by atoms with E-state index in [4.69, 9.17) is 36.0 Å². The summed E-state index contributed by atoms with van der Waals surface area (Å²) in [6.07, 6.45) is 0. The van der Waals surface area contributed by atoms with Crippen LogP contribution in [0.5, 0.6) is 0 Å². The SMILES string of the molecule is O=C(CN(c1ccc(Cl)cc1)C(CO)C(=O)O)Nc1cccc(C2C(=S)NNC2=S)c1. The van der Waals surface area contributed by atoms with Crippen molar-refractivity contribution in [1.29, 1.82) is 0 Å². The number of hydrazine groups is 1. The van der Waals surface area contributed by atoms with Gasteiger partial charge in [-0.15, -0.1) is 0 Å². The minimum Gasteiger partial charge on any atom is -0.480 e. The molecule has 162 valence electrons. The molecule has 1 aliphatic rings. The fraction of sp³-hybridized carbons (Fsp3) is 0.200. The fourth-order valence-corrected chi connectivity index (χ4v) is 3.98.